The monoisotopic (exact) mass is 323 g/mol. The van der Waals surface area contributed by atoms with Crippen molar-refractivity contribution >= 4 is 21.6 Å². The normalized spacial score (nSPS) is 10.7. The average Bonchev–Trinajstić information content (AvgIpc) is 2.85. The summed E-state index contributed by atoms with van der Waals surface area (Å²) in [5.41, 5.74) is 3.55. The van der Waals surface area contributed by atoms with Crippen LogP contribution in [0.3, 0.4) is 0 Å². The number of halogens is 1. The molecule has 0 saturated carbocycles. The van der Waals surface area contributed by atoms with Crippen LogP contribution in [0.15, 0.2) is 35.1 Å². The van der Waals surface area contributed by atoms with Gasteiger partial charge in [0.2, 0.25) is 0 Å². The highest BCUT2D eigenvalue weighted by Gasteiger charge is 2.03. The van der Waals surface area contributed by atoms with Crippen LogP contribution in [0.4, 0.5) is 5.69 Å². The minimum absolute atomic E-state index is 0.112. The van der Waals surface area contributed by atoms with Gasteiger partial charge in [-0.25, -0.2) is 0 Å². The Morgan fingerprint density at radius 2 is 2.26 bits per heavy atom. The Hall–Kier alpha value is -1.33. The minimum atomic E-state index is 0.112. The summed E-state index contributed by atoms with van der Waals surface area (Å²) in [6.45, 7) is 3.53. The van der Waals surface area contributed by atoms with E-state index in [4.69, 9.17) is 5.11 Å². The molecule has 5 heteroatoms. The number of anilines is 1. The van der Waals surface area contributed by atoms with E-state index in [1.54, 1.807) is 4.68 Å². The van der Waals surface area contributed by atoms with Gasteiger partial charge in [-0.05, 0) is 30.2 Å². The van der Waals surface area contributed by atoms with Gasteiger partial charge < -0.3 is 10.4 Å². The number of nitrogens with zero attached hydrogens (tertiary/aromatic N) is 2. The number of aliphatic hydroxyl groups excluding tert-OH is 1. The third kappa shape index (κ3) is 3.81. The lowest BCUT2D eigenvalue weighted by molar-refractivity contribution is 0.269. The first kappa shape index (κ1) is 14.1. The number of nitrogens with one attached hydrogen (secondary N) is 1. The first-order valence-corrected chi connectivity index (χ1v) is 7.16. The lowest BCUT2D eigenvalue weighted by atomic mass is 10.1. The van der Waals surface area contributed by atoms with Crippen LogP contribution in [0.2, 0.25) is 0 Å². The van der Waals surface area contributed by atoms with Crippen molar-refractivity contribution in [1.82, 2.24) is 9.78 Å². The van der Waals surface area contributed by atoms with E-state index in [2.05, 4.69) is 45.4 Å². The molecule has 2 rings (SSSR count). The topological polar surface area (TPSA) is 50.1 Å². The second-order valence-electron chi connectivity index (χ2n) is 4.34. The molecule has 1 aromatic heterocycles. The van der Waals surface area contributed by atoms with Crippen LogP contribution in [0.25, 0.3) is 0 Å². The number of aliphatic hydroxyl groups is 1. The number of hydrogen-bond acceptors (Lipinski definition) is 3. The van der Waals surface area contributed by atoms with Gasteiger partial charge in [0.15, 0.2) is 0 Å². The highest BCUT2D eigenvalue weighted by atomic mass is 79.9. The molecule has 0 aliphatic heterocycles. The van der Waals surface area contributed by atoms with Gasteiger partial charge in [-0.2, -0.15) is 5.10 Å². The molecule has 0 amide bonds. The van der Waals surface area contributed by atoms with Gasteiger partial charge in [0.25, 0.3) is 0 Å². The fourth-order valence-electron chi connectivity index (χ4n) is 1.95. The highest BCUT2D eigenvalue weighted by Crippen LogP contribution is 2.22. The van der Waals surface area contributed by atoms with Gasteiger partial charge in [0.1, 0.15) is 0 Å². The van der Waals surface area contributed by atoms with Crippen LogP contribution in [-0.4, -0.2) is 21.5 Å². The Labute approximate surface area is 121 Å². The molecule has 1 heterocycles. The second-order valence-corrected chi connectivity index (χ2v) is 5.26. The van der Waals surface area contributed by atoms with Crippen molar-refractivity contribution in [3.8, 4) is 0 Å². The molecule has 0 atom stereocenters. The maximum atomic E-state index is 8.85. The van der Waals surface area contributed by atoms with Crippen LogP contribution in [0, 0.1) is 0 Å². The van der Waals surface area contributed by atoms with Gasteiger partial charge >= 0.3 is 0 Å². The van der Waals surface area contributed by atoms with E-state index in [1.807, 2.05) is 18.5 Å². The summed E-state index contributed by atoms with van der Waals surface area (Å²) in [5, 5.41) is 16.5. The Balaban J connectivity index is 2.01. The van der Waals surface area contributed by atoms with Crippen molar-refractivity contribution in [2.24, 2.45) is 0 Å². The Kier molecular flexibility index (Phi) is 4.99. The van der Waals surface area contributed by atoms with E-state index < -0.39 is 0 Å². The summed E-state index contributed by atoms with van der Waals surface area (Å²) in [5.74, 6) is 0. The van der Waals surface area contributed by atoms with Crippen LogP contribution in [0.5, 0.6) is 0 Å². The molecule has 0 saturated heterocycles. The van der Waals surface area contributed by atoms with Crippen LogP contribution in [-0.2, 0) is 19.5 Å². The molecule has 2 N–H and O–H groups in total. The first-order valence-electron chi connectivity index (χ1n) is 6.37. The van der Waals surface area contributed by atoms with E-state index in [-0.39, 0.29) is 6.61 Å². The zero-order valence-electron chi connectivity index (χ0n) is 10.9. The van der Waals surface area contributed by atoms with Gasteiger partial charge in [-0.15, -0.1) is 0 Å². The zero-order chi connectivity index (χ0) is 13.7. The molecule has 0 aliphatic carbocycles. The molecule has 4 nitrogen and oxygen atoms in total. The number of hydrogen-bond donors (Lipinski definition) is 2. The third-order valence-corrected chi connectivity index (χ3v) is 3.44. The number of benzene rings is 1. The van der Waals surface area contributed by atoms with E-state index in [9.17, 15) is 0 Å². The Bertz CT molecular complexity index is 539. The molecule has 0 spiro atoms. The molecule has 0 aliphatic rings. The first-order chi connectivity index (χ1) is 9.22. The largest absolute Gasteiger partial charge is 0.394 e. The van der Waals surface area contributed by atoms with E-state index in [0.29, 0.717) is 6.54 Å². The molecule has 1 aromatic carbocycles. The second kappa shape index (κ2) is 6.73. The molecule has 0 radical (unpaired) electrons. The minimum Gasteiger partial charge on any atom is -0.394 e. The molecule has 0 bridgehead atoms. The lowest BCUT2D eigenvalue weighted by Crippen LogP contribution is -2.03. The van der Waals surface area contributed by atoms with E-state index >= 15 is 0 Å². The molecule has 2 aromatic rings. The summed E-state index contributed by atoms with van der Waals surface area (Å²) in [6, 6.07) is 6.26. The van der Waals surface area contributed by atoms with Crippen LogP contribution >= 0.6 is 15.9 Å². The van der Waals surface area contributed by atoms with Gasteiger partial charge in [0.05, 0.1) is 19.3 Å². The molecule has 0 fully saturated rings. The van der Waals surface area contributed by atoms with Gasteiger partial charge in [-0.3, -0.25) is 4.68 Å². The predicted octanol–water partition coefficient (Wildman–Crippen LogP) is 2.81. The number of aryl methyl sites for hydroxylation is 1. The smallest absolute Gasteiger partial charge is 0.0640 e. The standard InChI is InChI=1S/C14H18BrN3O/c1-2-12-7-13(15)3-4-14(12)16-8-11-9-17-18(10-11)5-6-19/h3-4,7,9-10,16,19H,2,5-6,8H2,1H3. The quantitative estimate of drug-likeness (QED) is 0.859. The summed E-state index contributed by atoms with van der Waals surface area (Å²) in [7, 11) is 0. The van der Waals surface area contributed by atoms with E-state index in [0.717, 1.165) is 28.7 Å². The van der Waals surface area contributed by atoms with Gasteiger partial charge in [0, 0.05) is 28.5 Å². The maximum absolute atomic E-state index is 8.85. The lowest BCUT2D eigenvalue weighted by Gasteiger charge is -2.10. The molecular weight excluding hydrogens is 306 g/mol. The summed E-state index contributed by atoms with van der Waals surface area (Å²) >= 11 is 3.49. The summed E-state index contributed by atoms with van der Waals surface area (Å²) < 4.78 is 2.85. The fraction of sp³-hybridized carbons (Fsp3) is 0.357. The van der Waals surface area contributed by atoms with Crippen molar-refractivity contribution in [1.29, 1.82) is 0 Å². The predicted molar refractivity (Wildman–Crippen MR) is 80.2 cm³/mol. The molecular formula is C14H18BrN3O. The number of rotatable bonds is 6. The third-order valence-electron chi connectivity index (χ3n) is 2.95. The maximum Gasteiger partial charge on any atom is 0.0640 e. The molecule has 0 unspecified atom stereocenters. The highest BCUT2D eigenvalue weighted by molar-refractivity contribution is 9.10. The van der Waals surface area contributed by atoms with Crippen molar-refractivity contribution in [2.45, 2.75) is 26.4 Å². The van der Waals surface area contributed by atoms with Crippen LogP contribution < -0.4 is 5.32 Å². The van der Waals surface area contributed by atoms with Gasteiger partial charge in [-0.1, -0.05) is 22.9 Å². The average molecular weight is 324 g/mol. The Morgan fingerprint density at radius 3 is 3.00 bits per heavy atom. The SMILES string of the molecule is CCc1cc(Br)ccc1NCc1cnn(CCO)c1. The number of aromatic nitrogens is 2. The molecule has 102 valence electrons. The van der Waals surface area contributed by atoms with Crippen molar-refractivity contribution in [3.63, 3.8) is 0 Å². The van der Waals surface area contributed by atoms with Crippen molar-refractivity contribution in [2.75, 3.05) is 11.9 Å². The van der Waals surface area contributed by atoms with Crippen molar-refractivity contribution in [3.05, 3.63) is 46.2 Å². The van der Waals surface area contributed by atoms with Crippen molar-refractivity contribution < 1.29 is 5.11 Å². The Morgan fingerprint density at radius 1 is 1.42 bits per heavy atom. The zero-order valence-corrected chi connectivity index (χ0v) is 12.5. The fourth-order valence-corrected chi connectivity index (χ4v) is 2.36. The summed E-state index contributed by atoms with van der Waals surface area (Å²) in [6.07, 6.45) is 4.77. The van der Waals surface area contributed by atoms with Crippen LogP contribution in [0.1, 0.15) is 18.1 Å². The van der Waals surface area contributed by atoms with E-state index in [1.165, 1.54) is 5.56 Å². The molecule has 19 heavy (non-hydrogen) atoms. The summed E-state index contributed by atoms with van der Waals surface area (Å²) in [4.78, 5) is 0.